The summed E-state index contributed by atoms with van der Waals surface area (Å²) in [5.41, 5.74) is 1.05. The molecule has 1 saturated heterocycles. The second-order valence-electron chi connectivity index (χ2n) is 5.71. The molecule has 0 spiro atoms. The van der Waals surface area contributed by atoms with Crippen molar-refractivity contribution in [3.8, 4) is 11.4 Å². The highest BCUT2D eigenvalue weighted by Crippen LogP contribution is 2.37. The normalized spacial score (nSPS) is 17.8. The van der Waals surface area contributed by atoms with Crippen molar-refractivity contribution in [2.24, 2.45) is 0 Å². The summed E-state index contributed by atoms with van der Waals surface area (Å²) in [4.78, 5) is 4.70. The van der Waals surface area contributed by atoms with Crippen molar-refractivity contribution < 1.29 is 4.52 Å². The van der Waals surface area contributed by atoms with Gasteiger partial charge >= 0.3 is 0 Å². The van der Waals surface area contributed by atoms with Crippen LogP contribution in [0.1, 0.15) is 38.5 Å². The molecule has 0 unspecified atom stereocenters. The topological polar surface area (TPSA) is 51.0 Å². The minimum absolute atomic E-state index is 0.0562. The van der Waals surface area contributed by atoms with Crippen LogP contribution in [0.25, 0.3) is 11.4 Å². The van der Waals surface area contributed by atoms with Gasteiger partial charge in [0.25, 0.3) is 0 Å². The fraction of sp³-hybridized carbons (Fsp3) is 0.500. The van der Waals surface area contributed by atoms with Gasteiger partial charge < -0.3 is 9.84 Å². The lowest BCUT2D eigenvalue weighted by atomic mass is 9.75. The molecule has 2 heterocycles. The van der Waals surface area contributed by atoms with Crippen molar-refractivity contribution in [1.29, 1.82) is 0 Å². The Balaban J connectivity index is 1.90. The minimum Gasteiger partial charge on any atom is -0.338 e. The maximum absolute atomic E-state index is 5.64. The first-order valence-corrected chi connectivity index (χ1v) is 8.34. The van der Waals surface area contributed by atoms with E-state index in [1.165, 1.54) is 0 Å². The molecule has 2 aromatic rings. The van der Waals surface area contributed by atoms with E-state index in [4.69, 9.17) is 9.51 Å². The Morgan fingerprint density at radius 1 is 1.24 bits per heavy atom. The van der Waals surface area contributed by atoms with Gasteiger partial charge in [-0.1, -0.05) is 34.4 Å². The minimum atomic E-state index is 0.0562. The van der Waals surface area contributed by atoms with Gasteiger partial charge in [0, 0.05) is 10.0 Å². The molecule has 112 valence electrons. The van der Waals surface area contributed by atoms with Gasteiger partial charge in [0.05, 0.1) is 5.41 Å². The number of benzene rings is 1. The highest BCUT2D eigenvalue weighted by Gasteiger charge is 2.38. The Kier molecular flexibility index (Phi) is 4.40. The van der Waals surface area contributed by atoms with Crippen molar-refractivity contribution in [3.63, 3.8) is 0 Å². The maximum atomic E-state index is 5.64. The first kappa shape index (κ1) is 14.7. The van der Waals surface area contributed by atoms with Gasteiger partial charge in [0.15, 0.2) is 0 Å². The molecule has 4 nitrogen and oxygen atoms in total. The lowest BCUT2D eigenvalue weighted by molar-refractivity contribution is 0.208. The van der Waals surface area contributed by atoms with Gasteiger partial charge in [-0.15, -0.1) is 0 Å². The number of rotatable bonds is 4. The molecule has 0 atom stereocenters. The summed E-state index contributed by atoms with van der Waals surface area (Å²) in [5.74, 6) is 1.50. The van der Waals surface area contributed by atoms with Gasteiger partial charge in [0.1, 0.15) is 0 Å². The molecule has 1 aromatic carbocycles. The van der Waals surface area contributed by atoms with Crippen molar-refractivity contribution >= 4 is 15.9 Å². The van der Waals surface area contributed by atoms with E-state index in [0.29, 0.717) is 5.82 Å². The van der Waals surface area contributed by atoms with E-state index in [1.54, 1.807) is 0 Å². The summed E-state index contributed by atoms with van der Waals surface area (Å²) in [6.45, 7) is 4.27. The van der Waals surface area contributed by atoms with Gasteiger partial charge in [-0.05, 0) is 56.6 Å². The van der Waals surface area contributed by atoms with Crippen molar-refractivity contribution in [3.05, 3.63) is 34.6 Å². The van der Waals surface area contributed by atoms with Crippen LogP contribution in [-0.2, 0) is 5.41 Å². The fourth-order valence-corrected chi connectivity index (χ4v) is 3.37. The van der Waals surface area contributed by atoms with Crippen LogP contribution in [0.15, 0.2) is 33.3 Å². The molecular weight excluding hydrogens is 330 g/mol. The monoisotopic (exact) mass is 349 g/mol. The highest BCUT2D eigenvalue weighted by atomic mass is 79.9. The van der Waals surface area contributed by atoms with Crippen LogP contribution >= 0.6 is 15.9 Å². The van der Waals surface area contributed by atoms with E-state index < -0.39 is 0 Å². The largest absolute Gasteiger partial charge is 0.338 e. The van der Waals surface area contributed by atoms with Gasteiger partial charge in [0.2, 0.25) is 11.7 Å². The summed E-state index contributed by atoms with van der Waals surface area (Å²) in [5, 5.41) is 7.61. The molecule has 1 fully saturated rings. The maximum Gasteiger partial charge on any atom is 0.233 e. The second kappa shape index (κ2) is 6.28. The number of piperidine rings is 1. The van der Waals surface area contributed by atoms with E-state index in [0.717, 1.165) is 54.7 Å². The van der Waals surface area contributed by atoms with Crippen LogP contribution in [0.4, 0.5) is 0 Å². The Morgan fingerprint density at radius 3 is 2.62 bits per heavy atom. The van der Waals surface area contributed by atoms with Gasteiger partial charge in [-0.2, -0.15) is 4.98 Å². The highest BCUT2D eigenvalue weighted by molar-refractivity contribution is 9.10. The van der Waals surface area contributed by atoms with E-state index in [2.05, 4.69) is 33.3 Å². The molecule has 0 radical (unpaired) electrons. The zero-order valence-electron chi connectivity index (χ0n) is 12.2. The summed E-state index contributed by atoms with van der Waals surface area (Å²) in [6.07, 6.45) is 4.39. The first-order chi connectivity index (χ1) is 10.2. The predicted octanol–water partition coefficient (Wildman–Crippen LogP) is 3.92. The van der Waals surface area contributed by atoms with Crippen LogP contribution in [0.5, 0.6) is 0 Å². The van der Waals surface area contributed by atoms with E-state index in [1.807, 2.05) is 24.3 Å². The molecule has 1 aromatic heterocycles. The lowest BCUT2D eigenvalue weighted by Gasteiger charge is -2.34. The summed E-state index contributed by atoms with van der Waals surface area (Å²) in [7, 11) is 0. The van der Waals surface area contributed by atoms with Crippen molar-refractivity contribution in [1.82, 2.24) is 15.5 Å². The fourth-order valence-electron chi connectivity index (χ4n) is 3.11. The summed E-state index contributed by atoms with van der Waals surface area (Å²) in [6, 6.07) is 8.01. The summed E-state index contributed by atoms with van der Waals surface area (Å²) < 4.78 is 6.70. The smallest absolute Gasteiger partial charge is 0.233 e. The Hall–Kier alpha value is -1.20. The molecule has 0 saturated carbocycles. The zero-order valence-corrected chi connectivity index (χ0v) is 13.8. The number of aromatic nitrogens is 2. The third-order valence-corrected chi connectivity index (χ3v) is 4.80. The third kappa shape index (κ3) is 3.04. The Labute approximate surface area is 133 Å². The average molecular weight is 350 g/mol. The van der Waals surface area contributed by atoms with Crippen LogP contribution in [-0.4, -0.2) is 23.2 Å². The third-order valence-electron chi connectivity index (χ3n) is 4.27. The second-order valence-corrected chi connectivity index (χ2v) is 6.63. The Bertz CT molecular complexity index is 582. The quantitative estimate of drug-likeness (QED) is 0.908. The van der Waals surface area contributed by atoms with E-state index >= 15 is 0 Å². The van der Waals surface area contributed by atoms with Crippen molar-refractivity contribution in [2.75, 3.05) is 13.1 Å². The van der Waals surface area contributed by atoms with E-state index in [-0.39, 0.29) is 5.41 Å². The number of hydrogen-bond acceptors (Lipinski definition) is 4. The van der Waals surface area contributed by atoms with Gasteiger partial charge in [-0.25, -0.2) is 0 Å². The standard InChI is InChI=1S/C16H20BrN3O/c1-2-7-16(8-10-18-11-9-16)15-19-14(20-21-15)12-3-5-13(17)6-4-12/h3-6,18H,2,7-11H2,1H3. The molecule has 1 N–H and O–H groups in total. The Morgan fingerprint density at radius 2 is 1.95 bits per heavy atom. The molecule has 0 aliphatic carbocycles. The van der Waals surface area contributed by atoms with Crippen LogP contribution in [0.3, 0.4) is 0 Å². The molecule has 1 aliphatic rings. The van der Waals surface area contributed by atoms with Crippen LogP contribution in [0, 0.1) is 0 Å². The molecule has 1 aliphatic heterocycles. The SMILES string of the molecule is CCCC1(c2nc(-c3ccc(Br)cc3)no2)CCNCC1. The number of nitrogens with one attached hydrogen (secondary N) is 1. The van der Waals surface area contributed by atoms with Gasteiger partial charge in [-0.3, -0.25) is 0 Å². The molecule has 3 rings (SSSR count). The zero-order chi connectivity index (χ0) is 14.7. The first-order valence-electron chi connectivity index (χ1n) is 7.54. The molecule has 0 amide bonds. The van der Waals surface area contributed by atoms with E-state index in [9.17, 15) is 0 Å². The molecule has 5 heteroatoms. The molecular formula is C16H20BrN3O. The number of hydrogen-bond donors (Lipinski definition) is 1. The summed E-state index contributed by atoms with van der Waals surface area (Å²) >= 11 is 3.44. The van der Waals surface area contributed by atoms with Crippen LogP contribution < -0.4 is 5.32 Å². The van der Waals surface area contributed by atoms with Crippen LogP contribution in [0.2, 0.25) is 0 Å². The van der Waals surface area contributed by atoms with Crippen molar-refractivity contribution in [2.45, 2.75) is 38.0 Å². The molecule has 21 heavy (non-hydrogen) atoms. The number of halogens is 1. The molecule has 0 bridgehead atoms. The predicted molar refractivity (Wildman–Crippen MR) is 86.1 cm³/mol. The number of nitrogens with zero attached hydrogens (tertiary/aromatic N) is 2. The lowest BCUT2D eigenvalue weighted by Crippen LogP contribution is -2.40. The average Bonchev–Trinajstić information content (AvgIpc) is 3.00.